The lowest BCUT2D eigenvalue weighted by molar-refractivity contribution is -0.145. The lowest BCUT2D eigenvalue weighted by Gasteiger charge is -2.26. The zero-order valence-corrected chi connectivity index (χ0v) is 17.5. The zero-order chi connectivity index (χ0) is 19.9. The maximum Gasteiger partial charge on any atom is 0.310 e. The molecule has 1 aromatic carbocycles. The van der Waals surface area contributed by atoms with Crippen molar-refractivity contribution in [2.75, 3.05) is 40.3 Å². The van der Waals surface area contributed by atoms with Gasteiger partial charge in [-0.25, -0.2) is 0 Å². The molecule has 0 aliphatic carbocycles. The van der Waals surface area contributed by atoms with E-state index in [1.165, 1.54) is 50.6 Å². The summed E-state index contributed by atoms with van der Waals surface area (Å²) in [5.41, 5.74) is 2.62. The highest BCUT2D eigenvalue weighted by Gasteiger charge is 2.36. The number of rotatable bonds is 5. The van der Waals surface area contributed by atoms with Crippen molar-refractivity contribution in [3.05, 3.63) is 35.4 Å². The van der Waals surface area contributed by atoms with Crippen LogP contribution in [-0.4, -0.2) is 62.1 Å². The number of benzene rings is 1. The second-order valence-electron chi connectivity index (χ2n) is 8.07. The number of ether oxygens (including phenoxy) is 1. The number of guanidine groups is 1. The Bertz CT molecular complexity index is 668. The molecule has 2 unspecified atom stereocenters. The summed E-state index contributed by atoms with van der Waals surface area (Å²) >= 11 is 0. The normalized spacial score (nSPS) is 23.7. The van der Waals surface area contributed by atoms with Crippen LogP contribution in [0.2, 0.25) is 0 Å². The molecule has 28 heavy (non-hydrogen) atoms. The first kappa shape index (κ1) is 20.6. The predicted molar refractivity (Wildman–Crippen MR) is 112 cm³/mol. The SMILES string of the molecule is CN=C(NCc1ccc(CN2CCCCC2)cc1)N1CC(C)C(C(=O)OC)C1. The molecule has 1 aromatic rings. The van der Waals surface area contributed by atoms with E-state index in [4.69, 9.17) is 4.74 Å². The smallest absolute Gasteiger partial charge is 0.310 e. The van der Waals surface area contributed by atoms with Crippen molar-refractivity contribution >= 4 is 11.9 Å². The molecule has 3 rings (SSSR count). The summed E-state index contributed by atoms with van der Waals surface area (Å²) in [6.07, 6.45) is 4.03. The summed E-state index contributed by atoms with van der Waals surface area (Å²) in [6.45, 7) is 7.79. The standard InChI is InChI=1S/C22H34N4O2/c1-17-14-26(16-20(17)21(27)28-3)22(23-2)24-13-18-7-9-19(10-8-18)15-25-11-5-4-6-12-25/h7-10,17,20H,4-6,11-16H2,1-3H3,(H,23,24). The molecule has 2 atom stereocenters. The number of nitrogens with zero attached hydrogens (tertiary/aromatic N) is 3. The number of hydrogen-bond donors (Lipinski definition) is 1. The van der Waals surface area contributed by atoms with Gasteiger partial charge in [-0.2, -0.15) is 0 Å². The van der Waals surface area contributed by atoms with Crippen LogP contribution >= 0.6 is 0 Å². The fourth-order valence-corrected chi connectivity index (χ4v) is 4.25. The Morgan fingerprint density at radius 3 is 2.46 bits per heavy atom. The molecular weight excluding hydrogens is 352 g/mol. The van der Waals surface area contributed by atoms with Crippen molar-refractivity contribution in [2.24, 2.45) is 16.8 Å². The van der Waals surface area contributed by atoms with E-state index in [1.807, 2.05) is 0 Å². The summed E-state index contributed by atoms with van der Waals surface area (Å²) in [5.74, 6) is 0.892. The molecule has 2 saturated heterocycles. The Morgan fingerprint density at radius 1 is 1.14 bits per heavy atom. The molecule has 0 spiro atoms. The summed E-state index contributed by atoms with van der Waals surface area (Å²) in [6, 6.07) is 8.87. The third kappa shape index (κ3) is 5.25. The number of hydrogen-bond acceptors (Lipinski definition) is 4. The van der Waals surface area contributed by atoms with E-state index in [2.05, 4.69) is 51.3 Å². The van der Waals surface area contributed by atoms with Crippen LogP contribution in [0, 0.1) is 11.8 Å². The van der Waals surface area contributed by atoms with Gasteiger partial charge in [-0.3, -0.25) is 14.7 Å². The lowest BCUT2D eigenvalue weighted by Crippen LogP contribution is -2.40. The van der Waals surface area contributed by atoms with Gasteiger partial charge in [0.05, 0.1) is 13.0 Å². The Hall–Kier alpha value is -2.08. The third-order valence-electron chi connectivity index (χ3n) is 5.96. The second-order valence-corrected chi connectivity index (χ2v) is 8.07. The largest absolute Gasteiger partial charge is 0.469 e. The number of aliphatic imine (C=N–C) groups is 1. The first-order valence-corrected chi connectivity index (χ1v) is 10.4. The van der Waals surface area contributed by atoms with Crippen LogP contribution in [-0.2, 0) is 22.6 Å². The molecule has 0 aromatic heterocycles. The van der Waals surface area contributed by atoms with Gasteiger partial charge in [-0.1, -0.05) is 37.6 Å². The predicted octanol–water partition coefficient (Wildman–Crippen LogP) is 2.49. The summed E-state index contributed by atoms with van der Waals surface area (Å²) in [4.78, 5) is 21.0. The van der Waals surface area contributed by atoms with Gasteiger partial charge in [0, 0.05) is 33.2 Å². The monoisotopic (exact) mass is 386 g/mol. The molecule has 0 radical (unpaired) electrons. The molecule has 2 aliphatic heterocycles. The van der Waals surface area contributed by atoms with Crippen LogP contribution in [0.3, 0.4) is 0 Å². The fourth-order valence-electron chi connectivity index (χ4n) is 4.25. The fraction of sp³-hybridized carbons (Fsp3) is 0.636. The Labute approximate surface area is 168 Å². The first-order chi connectivity index (χ1) is 13.6. The Balaban J connectivity index is 1.50. The van der Waals surface area contributed by atoms with Crippen LogP contribution in [0.15, 0.2) is 29.3 Å². The van der Waals surface area contributed by atoms with Crippen molar-refractivity contribution in [1.82, 2.24) is 15.1 Å². The molecular formula is C22H34N4O2. The van der Waals surface area contributed by atoms with Gasteiger partial charge < -0.3 is 15.0 Å². The van der Waals surface area contributed by atoms with E-state index in [9.17, 15) is 4.79 Å². The van der Waals surface area contributed by atoms with E-state index in [0.717, 1.165) is 25.6 Å². The van der Waals surface area contributed by atoms with Gasteiger partial charge in [0.1, 0.15) is 0 Å². The van der Waals surface area contributed by atoms with Gasteiger partial charge in [0.25, 0.3) is 0 Å². The highest BCUT2D eigenvalue weighted by molar-refractivity contribution is 5.82. The van der Waals surface area contributed by atoms with E-state index in [-0.39, 0.29) is 17.8 Å². The maximum absolute atomic E-state index is 11.9. The summed E-state index contributed by atoms with van der Waals surface area (Å²) < 4.78 is 4.93. The minimum atomic E-state index is -0.130. The molecule has 2 aliphatic rings. The number of esters is 1. The average molecular weight is 387 g/mol. The van der Waals surface area contributed by atoms with Gasteiger partial charge in [-0.05, 0) is 43.0 Å². The van der Waals surface area contributed by atoms with Crippen molar-refractivity contribution in [1.29, 1.82) is 0 Å². The van der Waals surface area contributed by atoms with Crippen molar-refractivity contribution in [3.8, 4) is 0 Å². The molecule has 2 fully saturated rings. The number of likely N-dealkylation sites (tertiary alicyclic amines) is 2. The van der Waals surface area contributed by atoms with Crippen LogP contribution in [0.4, 0.5) is 0 Å². The highest BCUT2D eigenvalue weighted by atomic mass is 16.5. The Morgan fingerprint density at radius 2 is 1.82 bits per heavy atom. The average Bonchev–Trinajstić information content (AvgIpc) is 3.11. The van der Waals surface area contributed by atoms with Gasteiger partial charge in [-0.15, -0.1) is 0 Å². The van der Waals surface area contributed by atoms with E-state index < -0.39 is 0 Å². The third-order valence-corrected chi connectivity index (χ3v) is 5.96. The quantitative estimate of drug-likeness (QED) is 0.479. The van der Waals surface area contributed by atoms with Crippen LogP contribution in [0.25, 0.3) is 0 Å². The maximum atomic E-state index is 11.9. The summed E-state index contributed by atoms with van der Waals surface area (Å²) in [5, 5.41) is 3.44. The molecule has 1 N–H and O–H groups in total. The molecule has 154 valence electrons. The molecule has 6 nitrogen and oxygen atoms in total. The van der Waals surface area contributed by atoms with Crippen LogP contribution in [0.5, 0.6) is 0 Å². The number of piperidine rings is 1. The van der Waals surface area contributed by atoms with Gasteiger partial charge in [0.15, 0.2) is 5.96 Å². The van der Waals surface area contributed by atoms with Crippen molar-refractivity contribution < 1.29 is 9.53 Å². The number of methoxy groups -OCH3 is 1. The second kappa shape index (κ2) is 9.92. The van der Waals surface area contributed by atoms with E-state index >= 15 is 0 Å². The molecule has 6 heteroatoms. The van der Waals surface area contributed by atoms with Gasteiger partial charge >= 0.3 is 5.97 Å². The number of nitrogens with one attached hydrogen (secondary N) is 1. The lowest BCUT2D eigenvalue weighted by atomic mass is 9.99. The first-order valence-electron chi connectivity index (χ1n) is 10.4. The molecule has 0 saturated carbocycles. The Kier molecular flexibility index (Phi) is 7.31. The van der Waals surface area contributed by atoms with Crippen molar-refractivity contribution in [2.45, 2.75) is 39.3 Å². The minimum Gasteiger partial charge on any atom is -0.469 e. The number of carbonyl (C=O) groups excluding carboxylic acids is 1. The van der Waals surface area contributed by atoms with E-state index in [1.54, 1.807) is 7.05 Å². The van der Waals surface area contributed by atoms with Crippen molar-refractivity contribution in [3.63, 3.8) is 0 Å². The van der Waals surface area contributed by atoms with Gasteiger partial charge in [0.2, 0.25) is 0 Å². The zero-order valence-electron chi connectivity index (χ0n) is 17.5. The minimum absolute atomic E-state index is 0.0855. The molecule has 2 heterocycles. The topological polar surface area (TPSA) is 57.2 Å². The molecule has 0 amide bonds. The molecule has 0 bridgehead atoms. The summed E-state index contributed by atoms with van der Waals surface area (Å²) in [7, 11) is 3.25. The number of carbonyl (C=O) groups is 1. The van der Waals surface area contributed by atoms with E-state index in [0.29, 0.717) is 6.54 Å². The van der Waals surface area contributed by atoms with Crippen LogP contribution < -0.4 is 5.32 Å². The van der Waals surface area contributed by atoms with Crippen LogP contribution in [0.1, 0.15) is 37.3 Å². The highest BCUT2D eigenvalue weighted by Crippen LogP contribution is 2.24.